The van der Waals surface area contributed by atoms with Crippen LogP contribution in [0.3, 0.4) is 0 Å². The van der Waals surface area contributed by atoms with Gasteiger partial charge in [-0.15, -0.1) is 0 Å². The Balaban J connectivity index is 4.35. The molecule has 0 fully saturated rings. The average Bonchev–Trinajstić information content (AvgIpc) is 1.88. The minimum atomic E-state index is -2.22. The van der Waals surface area contributed by atoms with Crippen LogP contribution in [0, 0.1) is 0 Å². The fraction of sp³-hybridized carbons (Fsp3) is 0.500. The molecular weight excluding hydrogens is 152 g/mol. The molecule has 0 radical (unpaired) electrons. The van der Waals surface area contributed by atoms with E-state index in [2.05, 4.69) is 0 Å². The number of carbonyl (C=O) groups is 3. The van der Waals surface area contributed by atoms with Gasteiger partial charge in [0.2, 0.25) is 0 Å². The summed E-state index contributed by atoms with van der Waals surface area (Å²) in [5, 5.41) is 17.4. The van der Waals surface area contributed by atoms with E-state index in [0.717, 1.165) is 0 Å². The van der Waals surface area contributed by atoms with Crippen LogP contribution >= 0.6 is 0 Å². The average molecular weight is 160 g/mol. The molecule has 0 rings (SSSR count). The summed E-state index contributed by atoms with van der Waals surface area (Å²) in [7, 11) is 0. The lowest BCUT2D eigenvalue weighted by Crippen LogP contribution is -2.39. The molecule has 11 heavy (non-hydrogen) atoms. The summed E-state index contributed by atoms with van der Waals surface area (Å²) >= 11 is 0. The Hall–Kier alpha value is -1.23. The zero-order chi connectivity index (χ0) is 8.91. The lowest BCUT2D eigenvalue weighted by Gasteiger charge is -2.16. The molecule has 5 heteroatoms. The first-order chi connectivity index (χ1) is 5.06. The third kappa shape index (κ3) is 2.46. The van der Waals surface area contributed by atoms with Gasteiger partial charge in [0.15, 0.2) is 5.60 Å². The van der Waals surface area contributed by atoms with Crippen LogP contribution in [0.15, 0.2) is 0 Å². The molecule has 0 amide bonds. The summed E-state index contributed by atoms with van der Waals surface area (Å²) in [6, 6.07) is 0. The predicted molar refractivity (Wildman–Crippen MR) is 33.9 cm³/mol. The molecular formula is C6H8O5. The first-order valence-corrected chi connectivity index (χ1v) is 2.90. The van der Waals surface area contributed by atoms with Crippen LogP contribution in [0.2, 0.25) is 0 Å². The van der Waals surface area contributed by atoms with E-state index in [4.69, 9.17) is 10.2 Å². The Bertz CT molecular complexity index is 164. The minimum absolute atomic E-state index is 0.262. The van der Waals surface area contributed by atoms with Crippen molar-refractivity contribution in [3.63, 3.8) is 0 Å². The van der Waals surface area contributed by atoms with Gasteiger partial charge >= 0.3 is 5.97 Å². The van der Waals surface area contributed by atoms with Crippen LogP contribution in [-0.4, -0.2) is 34.4 Å². The van der Waals surface area contributed by atoms with Crippen molar-refractivity contribution in [1.82, 2.24) is 0 Å². The molecule has 0 aliphatic heterocycles. The highest BCUT2D eigenvalue weighted by Gasteiger charge is 2.34. The number of aldehydes is 2. The first-order valence-electron chi connectivity index (χ1n) is 2.90. The van der Waals surface area contributed by atoms with E-state index in [1.807, 2.05) is 0 Å². The van der Waals surface area contributed by atoms with Crippen molar-refractivity contribution >= 4 is 18.5 Å². The maximum Gasteiger partial charge on any atom is 0.336 e. The van der Waals surface area contributed by atoms with Crippen molar-refractivity contribution in [2.45, 2.75) is 18.4 Å². The van der Waals surface area contributed by atoms with Crippen LogP contribution in [0.5, 0.6) is 0 Å². The highest BCUT2D eigenvalue weighted by molar-refractivity contribution is 5.83. The number of carboxylic acids is 1. The number of aliphatic hydroxyl groups is 1. The summed E-state index contributed by atoms with van der Waals surface area (Å²) in [4.78, 5) is 30.0. The molecule has 5 nitrogen and oxygen atoms in total. The monoisotopic (exact) mass is 160 g/mol. The first kappa shape index (κ1) is 9.77. The van der Waals surface area contributed by atoms with Gasteiger partial charge in [0, 0.05) is 12.8 Å². The molecule has 0 aliphatic rings. The Morgan fingerprint density at radius 2 is 1.64 bits per heavy atom. The molecule has 0 spiro atoms. The van der Waals surface area contributed by atoms with Gasteiger partial charge in [0.05, 0.1) is 0 Å². The third-order valence-corrected chi connectivity index (χ3v) is 1.24. The summed E-state index contributed by atoms with van der Waals surface area (Å²) in [6.45, 7) is 0. The van der Waals surface area contributed by atoms with E-state index < -0.39 is 24.4 Å². The molecule has 0 saturated heterocycles. The minimum Gasteiger partial charge on any atom is -0.479 e. The highest BCUT2D eigenvalue weighted by Crippen LogP contribution is 2.12. The molecule has 0 unspecified atom stereocenters. The quantitative estimate of drug-likeness (QED) is 0.502. The van der Waals surface area contributed by atoms with E-state index in [0.29, 0.717) is 0 Å². The van der Waals surface area contributed by atoms with Crippen molar-refractivity contribution in [1.29, 1.82) is 0 Å². The van der Waals surface area contributed by atoms with E-state index in [1.165, 1.54) is 0 Å². The topological polar surface area (TPSA) is 91.7 Å². The molecule has 0 aromatic rings. The SMILES string of the molecule is O=CCC(O)(CC=O)C(=O)O. The van der Waals surface area contributed by atoms with E-state index in [-0.39, 0.29) is 12.6 Å². The maximum absolute atomic E-state index is 10.2. The van der Waals surface area contributed by atoms with Crippen LogP contribution in [-0.2, 0) is 14.4 Å². The molecule has 0 heterocycles. The zero-order valence-electron chi connectivity index (χ0n) is 5.69. The van der Waals surface area contributed by atoms with Crippen molar-refractivity contribution in [2.24, 2.45) is 0 Å². The molecule has 2 N–H and O–H groups in total. The van der Waals surface area contributed by atoms with Gasteiger partial charge in [-0.2, -0.15) is 0 Å². The molecule has 0 saturated carbocycles. The fourth-order valence-corrected chi connectivity index (χ4v) is 0.534. The second-order valence-electron chi connectivity index (χ2n) is 2.08. The summed E-state index contributed by atoms with van der Waals surface area (Å²) in [5.74, 6) is -1.56. The van der Waals surface area contributed by atoms with Gasteiger partial charge in [0.1, 0.15) is 12.6 Å². The van der Waals surface area contributed by atoms with Gasteiger partial charge in [-0.1, -0.05) is 0 Å². The van der Waals surface area contributed by atoms with E-state index >= 15 is 0 Å². The second kappa shape index (κ2) is 3.82. The van der Waals surface area contributed by atoms with Crippen LogP contribution in [0.1, 0.15) is 12.8 Å². The van der Waals surface area contributed by atoms with E-state index in [1.54, 1.807) is 0 Å². The largest absolute Gasteiger partial charge is 0.479 e. The molecule has 62 valence electrons. The van der Waals surface area contributed by atoms with Gasteiger partial charge in [-0.05, 0) is 0 Å². The Morgan fingerprint density at radius 3 is 1.82 bits per heavy atom. The van der Waals surface area contributed by atoms with Crippen LogP contribution in [0.25, 0.3) is 0 Å². The number of aliphatic carboxylic acids is 1. The lowest BCUT2D eigenvalue weighted by atomic mass is 9.98. The van der Waals surface area contributed by atoms with Crippen molar-refractivity contribution in [2.75, 3.05) is 0 Å². The summed E-state index contributed by atoms with van der Waals surface area (Å²) < 4.78 is 0. The number of carbonyl (C=O) groups excluding carboxylic acids is 2. The van der Waals surface area contributed by atoms with Crippen molar-refractivity contribution in [3.05, 3.63) is 0 Å². The lowest BCUT2D eigenvalue weighted by molar-refractivity contribution is -0.161. The third-order valence-electron chi connectivity index (χ3n) is 1.24. The number of carboxylic acid groups (broad SMARTS) is 1. The predicted octanol–water partition coefficient (Wildman–Crippen LogP) is -1.02. The smallest absolute Gasteiger partial charge is 0.336 e. The Kier molecular flexibility index (Phi) is 3.39. The molecule has 0 aromatic carbocycles. The normalized spacial score (nSPS) is 10.6. The molecule has 0 bridgehead atoms. The Labute approximate surface area is 62.6 Å². The van der Waals surface area contributed by atoms with Gasteiger partial charge in [-0.25, -0.2) is 4.79 Å². The van der Waals surface area contributed by atoms with Gasteiger partial charge in [0.25, 0.3) is 0 Å². The standard InChI is InChI=1S/C6H8O5/c7-3-1-6(11,2-4-8)5(9)10/h3-4,11H,1-2H2,(H,9,10). The van der Waals surface area contributed by atoms with Gasteiger partial charge in [-0.3, -0.25) is 0 Å². The Morgan fingerprint density at radius 1 is 1.27 bits per heavy atom. The highest BCUT2D eigenvalue weighted by atomic mass is 16.4. The van der Waals surface area contributed by atoms with Crippen LogP contribution in [0.4, 0.5) is 0 Å². The zero-order valence-corrected chi connectivity index (χ0v) is 5.69. The van der Waals surface area contributed by atoms with Crippen molar-refractivity contribution < 1.29 is 24.6 Å². The molecule has 0 atom stereocenters. The van der Waals surface area contributed by atoms with E-state index in [9.17, 15) is 14.4 Å². The number of hydrogen-bond acceptors (Lipinski definition) is 4. The maximum atomic E-state index is 10.2. The summed E-state index contributed by atoms with van der Waals surface area (Å²) in [5.41, 5.74) is -2.22. The number of rotatable bonds is 5. The molecule has 0 aromatic heterocycles. The van der Waals surface area contributed by atoms with Crippen LogP contribution < -0.4 is 0 Å². The second-order valence-corrected chi connectivity index (χ2v) is 2.08. The van der Waals surface area contributed by atoms with Crippen molar-refractivity contribution in [3.8, 4) is 0 Å². The van der Waals surface area contributed by atoms with Gasteiger partial charge < -0.3 is 19.8 Å². The number of hydrogen-bond donors (Lipinski definition) is 2. The summed E-state index contributed by atoms with van der Waals surface area (Å²) in [6.07, 6.45) is -0.614. The molecule has 0 aliphatic carbocycles. The fourth-order valence-electron chi connectivity index (χ4n) is 0.534.